The van der Waals surface area contributed by atoms with E-state index in [1.165, 1.54) is 33.5 Å². The fraction of sp³-hybridized carbons (Fsp3) is 0.130. The van der Waals surface area contributed by atoms with Gasteiger partial charge in [0.25, 0.3) is 10.0 Å². The van der Waals surface area contributed by atoms with Crippen molar-refractivity contribution in [2.45, 2.75) is 4.21 Å². The number of hydrogen-bond acceptors (Lipinski definition) is 10. The number of nitrogens with one attached hydrogen (secondary N) is 3. The summed E-state index contributed by atoms with van der Waals surface area (Å²) in [5, 5.41) is 7.51. The van der Waals surface area contributed by atoms with E-state index in [1.54, 1.807) is 41.8 Å². The van der Waals surface area contributed by atoms with Crippen molar-refractivity contribution in [3.05, 3.63) is 65.9 Å². The molecule has 2 aromatic heterocycles. The van der Waals surface area contributed by atoms with Crippen LogP contribution in [0.2, 0.25) is 0 Å². The zero-order valence-corrected chi connectivity index (χ0v) is 21.0. The maximum atomic E-state index is 14.5. The lowest BCUT2D eigenvalue weighted by Crippen LogP contribution is -2.11. The molecule has 10 nitrogen and oxygen atoms in total. The van der Waals surface area contributed by atoms with Gasteiger partial charge in [0.2, 0.25) is 11.7 Å². The minimum atomic E-state index is -3.72. The molecule has 0 amide bonds. The number of thiophene rings is 1. The number of hydrogen-bond donors (Lipinski definition) is 3. The molecule has 0 aliphatic carbocycles. The fourth-order valence-electron chi connectivity index (χ4n) is 3.22. The maximum absolute atomic E-state index is 14.5. The third-order valence-corrected chi connectivity index (χ3v) is 7.58. The smallest absolute Gasteiger partial charge is 0.271 e. The number of ether oxygens (including phenoxy) is 3. The average molecular weight is 532 g/mol. The fourth-order valence-corrected chi connectivity index (χ4v) is 5.26. The predicted octanol–water partition coefficient (Wildman–Crippen LogP) is 4.99. The van der Waals surface area contributed by atoms with Gasteiger partial charge >= 0.3 is 0 Å². The van der Waals surface area contributed by atoms with E-state index in [9.17, 15) is 12.8 Å². The molecule has 0 bridgehead atoms. The Bertz CT molecular complexity index is 1440. The van der Waals surface area contributed by atoms with Crippen molar-refractivity contribution >= 4 is 50.2 Å². The van der Waals surface area contributed by atoms with E-state index in [2.05, 4.69) is 25.3 Å². The summed E-state index contributed by atoms with van der Waals surface area (Å²) in [4.78, 5) is 8.19. The standard InChI is InChI=1S/C23H22FN5O5S2/c1-32-18-11-16(12-19(33-2)21(18)34-3)27-23-25-13-17(24)22(28-23)26-14-6-4-7-15(10-14)29-36(30,31)20-8-5-9-35-20/h4-13,29H,1-3H3,(H2,25,26,27,28). The highest BCUT2D eigenvalue weighted by molar-refractivity contribution is 7.94. The lowest BCUT2D eigenvalue weighted by atomic mass is 10.2. The van der Waals surface area contributed by atoms with Gasteiger partial charge in [-0.25, -0.2) is 17.8 Å². The van der Waals surface area contributed by atoms with E-state index in [0.29, 0.717) is 34.3 Å². The Morgan fingerprint density at radius 1 is 0.889 bits per heavy atom. The van der Waals surface area contributed by atoms with Crippen molar-refractivity contribution in [3.8, 4) is 17.2 Å². The highest BCUT2D eigenvalue weighted by atomic mass is 32.2. The Balaban J connectivity index is 1.55. The number of nitrogens with zero attached hydrogens (tertiary/aromatic N) is 2. The van der Waals surface area contributed by atoms with Crippen LogP contribution in [-0.2, 0) is 10.0 Å². The molecule has 0 fully saturated rings. The molecule has 0 aliphatic rings. The Labute approximate surface area is 211 Å². The molecule has 4 aromatic rings. The third kappa shape index (κ3) is 5.58. The summed E-state index contributed by atoms with van der Waals surface area (Å²) >= 11 is 1.10. The number of sulfonamides is 1. The summed E-state index contributed by atoms with van der Waals surface area (Å²) in [6.45, 7) is 0. The first-order valence-electron chi connectivity index (χ1n) is 10.4. The van der Waals surface area contributed by atoms with Gasteiger partial charge in [0.05, 0.1) is 33.2 Å². The first-order chi connectivity index (χ1) is 17.3. The van der Waals surface area contributed by atoms with E-state index >= 15 is 0 Å². The molecule has 0 aliphatic heterocycles. The number of anilines is 5. The van der Waals surface area contributed by atoms with Crippen molar-refractivity contribution in [1.29, 1.82) is 0 Å². The van der Waals surface area contributed by atoms with Gasteiger partial charge in [-0.2, -0.15) is 4.98 Å². The van der Waals surface area contributed by atoms with Crippen LogP contribution < -0.4 is 29.6 Å². The predicted molar refractivity (Wildman–Crippen MR) is 136 cm³/mol. The number of aromatic nitrogens is 2. The summed E-state index contributed by atoms with van der Waals surface area (Å²) < 4.78 is 58.2. The molecule has 36 heavy (non-hydrogen) atoms. The van der Waals surface area contributed by atoms with Gasteiger partial charge in [-0.15, -0.1) is 11.3 Å². The highest BCUT2D eigenvalue weighted by Crippen LogP contribution is 2.40. The second-order valence-corrected chi connectivity index (χ2v) is 10.0. The molecule has 0 saturated heterocycles. The van der Waals surface area contributed by atoms with Crippen molar-refractivity contribution in [2.75, 3.05) is 36.7 Å². The van der Waals surface area contributed by atoms with Gasteiger partial charge in [0.15, 0.2) is 23.1 Å². The Kier molecular flexibility index (Phi) is 7.41. The van der Waals surface area contributed by atoms with Crippen molar-refractivity contribution in [2.24, 2.45) is 0 Å². The van der Waals surface area contributed by atoms with Crippen molar-refractivity contribution in [1.82, 2.24) is 9.97 Å². The first kappa shape index (κ1) is 25.0. The van der Waals surface area contributed by atoms with Gasteiger partial charge in [0, 0.05) is 23.5 Å². The van der Waals surface area contributed by atoms with Crippen LogP contribution in [0.1, 0.15) is 0 Å². The van der Waals surface area contributed by atoms with E-state index in [0.717, 1.165) is 17.5 Å². The van der Waals surface area contributed by atoms with Crippen LogP contribution in [0.5, 0.6) is 17.2 Å². The number of methoxy groups -OCH3 is 3. The monoisotopic (exact) mass is 531 g/mol. The summed E-state index contributed by atoms with van der Waals surface area (Å²) in [6.07, 6.45) is 1.01. The van der Waals surface area contributed by atoms with Crippen molar-refractivity contribution < 1.29 is 27.0 Å². The van der Waals surface area contributed by atoms with E-state index in [-0.39, 0.29) is 16.0 Å². The Morgan fingerprint density at radius 2 is 1.61 bits per heavy atom. The maximum Gasteiger partial charge on any atom is 0.271 e. The Morgan fingerprint density at radius 3 is 2.25 bits per heavy atom. The number of benzene rings is 2. The molecule has 0 saturated carbocycles. The summed E-state index contributed by atoms with van der Waals surface area (Å²) in [5.41, 5.74) is 1.24. The molecule has 188 valence electrons. The largest absolute Gasteiger partial charge is 0.493 e. The SMILES string of the molecule is COc1cc(Nc2ncc(F)c(Nc3cccc(NS(=O)(=O)c4cccs4)c3)n2)cc(OC)c1OC. The zero-order chi connectivity index (χ0) is 25.7. The third-order valence-electron chi connectivity index (χ3n) is 4.80. The summed E-state index contributed by atoms with van der Waals surface area (Å²) in [5.74, 6) is 0.543. The van der Waals surface area contributed by atoms with Gasteiger partial charge in [-0.1, -0.05) is 12.1 Å². The van der Waals surface area contributed by atoms with Crippen LogP contribution in [0.15, 0.2) is 64.3 Å². The molecular weight excluding hydrogens is 509 g/mol. The van der Waals surface area contributed by atoms with Crippen LogP contribution in [0.3, 0.4) is 0 Å². The normalized spacial score (nSPS) is 11.0. The molecule has 4 rings (SSSR count). The van der Waals surface area contributed by atoms with E-state index in [1.807, 2.05) is 0 Å². The molecular formula is C23H22FN5O5S2. The van der Waals surface area contributed by atoms with Crippen LogP contribution >= 0.6 is 11.3 Å². The number of halogens is 1. The first-order valence-corrected chi connectivity index (χ1v) is 12.7. The van der Waals surface area contributed by atoms with Gasteiger partial charge in [-0.05, 0) is 29.6 Å². The second-order valence-electron chi connectivity index (χ2n) is 7.17. The minimum Gasteiger partial charge on any atom is -0.493 e. The summed E-state index contributed by atoms with van der Waals surface area (Å²) in [6, 6.07) is 12.9. The summed E-state index contributed by atoms with van der Waals surface area (Å²) in [7, 11) is 0.757. The minimum absolute atomic E-state index is 0.0997. The van der Waals surface area contributed by atoms with Gasteiger partial charge in [0.1, 0.15) is 4.21 Å². The molecule has 2 aromatic carbocycles. The molecule has 0 unspecified atom stereocenters. The van der Waals surface area contributed by atoms with Crippen LogP contribution in [0.25, 0.3) is 0 Å². The lowest BCUT2D eigenvalue weighted by molar-refractivity contribution is 0.324. The van der Waals surface area contributed by atoms with Gasteiger partial charge < -0.3 is 24.8 Å². The molecule has 3 N–H and O–H groups in total. The highest BCUT2D eigenvalue weighted by Gasteiger charge is 2.17. The number of rotatable bonds is 10. The quantitative estimate of drug-likeness (QED) is 0.260. The van der Waals surface area contributed by atoms with E-state index < -0.39 is 15.8 Å². The molecule has 0 atom stereocenters. The van der Waals surface area contributed by atoms with E-state index in [4.69, 9.17) is 14.2 Å². The van der Waals surface area contributed by atoms with Crippen LogP contribution in [-0.4, -0.2) is 39.7 Å². The lowest BCUT2D eigenvalue weighted by Gasteiger charge is -2.15. The Hall–Kier alpha value is -4.10. The zero-order valence-electron chi connectivity index (χ0n) is 19.4. The van der Waals surface area contributed by atoms with Crippen molar-refractivity contribution in [3.63, 3.8) is 0 Å². The molecule has 2 heterocycles. The van der Waals surface area contributed by atoms with Gasteiger partial charge in [-0.3, -0.25) is 4.72 Å². The average Bonchev–Trinajstić information content (AvgIpc) is 3.42. The molecule has 0 spiro atoms. The second kappa shape index (κ2) is 10.7. The topological polar surface area (TPSA) is 124 Å². The molecule has 0 radical (unpaired) electrons. The molecule has 13 heteroatoms. The van der Waals surface area contributed by atoms with Crippen LogP contribution in [0, 0.1) is 5.82 Å². The van der Waals surface area contributed by atoms with Crippen LogP contribution in [0.4, 0.5) is 33.2 Å².